The van der Waals surface area contributed by atoms with Crippen LogP contribution in [0.2, 0.25) is 13.1 Å². The molecule has 2 rings (SSSR count). The van der Waals surface area contributed by atoms with Gasteiger partial charge in [0.25, 0.3) is 5.69 Å². The molecule has 4 nitrogen and oxygen atoms in total. The number of nitro groups is 1. The van der Waals surface area contributed by atoms with Gasteiger partial charge >= 0.3 is 0 Å². The van der Waals surface area contributed by atoms with Crippen LogP contribution in [0, 0.1) is 15.9 Å². The summed E-state index contributed by atoms with van der Waals surface area (Å²) in [6.07, 6.45) is 0. The van der Waals surface area contributed by atoms with Crippen molar-refractivity contribution >= 4 is 19.2 Å². The number of nitrogens with zero attached hydrogens (tertiary/aromatic N) is 1. The van der Waals surface area contributed by atoms with E-state index < -0.39 is 13.2 Å². The van der Waals surface area contributed by atoms with Crippen molar-refractivity contribution in [3.8, 4) is 0 Å². The Morgan fingerprint density at radius 1 is 1.14 bits per heavy atom. The van der Waals surface area contributed by atoms with E-state index >= 15 is 0 Å². The molecule has 21 heavy (non-hydrogen) atoms. The number of benzene rings is 2. The molecule has 0 spiro atoms. The number of hydrogen-bond acceptors (Lipinski definition) is 3. The maximum Gasteiger partial charge on any atom is 0.274 e. The lowest BCUT2D eigenvalue weighted by Crippen LogP contribution is -2.44. The number of hydrogen-bond donors (Lipinski definition) is 0. The van der Waals surface area contributed by atoms with Gasteiger partial charge in [-0.3, -0.25) is 10.1 Å². The van der Waals surface area contributed by atoms with Gasteiger partial charge in [0, 0.05) is 6.07 Å². The Labute approximate surface area is 123 Å². The molecular weight excluding hydrogens is 289 g/mol. The van der Waals surface area contributed by atoms with Crippen LogP contribution in [-0.4, -0.2) is 13.2 Å². The van der Waals surface area contributed by atoms with Crippen LogP contribution >= 0.6 is 0 Å². The summed E-state index contributed by atoms with van der Waals surface area (Å²) in [6, 6.07) is 12.7. The minimum atomic E-state index is -2.23. The van der Waals surface area contributed by atoms with E-state index in [9.17, 15) is 14.5 Å². The van der Waals surface area contributed by atoms with E-state index in [0.29, 0.717) is 5.56 Å². The van der Waals surface area contributed by atoms with Crippen molar-refractivity contribution in [3.05, 3.63) is 70.0 Å². The summed E-state index contributed by atoms with van der Waals surface area (Å²) < 4.78 is 18.9. The highest BCUT2D eigenvalue weighted by Crippen LogP contribution is 2.20. The zero-order chi connectivity index (χ0) is 15.5. The molecule has 2 aromatic carbocycles. The first kappa shape index (κ1) is 15.3. The molecule has 0 fully saturated rings. The van der Waals surface area contributed by atoms with Crippen molar-refractivity contribution in [1.29, 1.82) is 0 Å². The standard InChI is InChI=1S/C15H16FNO3Si/c1-21(2,14-9-7-13(16)8-10-14)20-11-12-5-3-4-6-15(12)17(18)19/h3-10H,11H2,1-2H3. The van der Waals surface area contributed by atoms with E-state index in [1.54, 1.807) is 30.3 Å². The molecule has 0 heterocycles. The smallest absolute Gasteiger partial charge is 0.274 e. The lowest BCUT2D eigenvalue weighted by molar-refractivity contribution is -0.385. The van der Waals surface area contributed by atoms with Gasteiger partial charge in [-0.05, 0) is 36.5 Å². The predicted molar refractivity (Wildman–Crippen MR) is 81.4 cm³/mol. The Morgan fingerprint density at radius 2 is 1.76 bits per heavy atom. The van der Waals surface area contributed by atoms with Crippen molar-refractivity contribution in [2.75, 3.05) is 0 Å². The maximum atomic E-state index is 13.0. The largest absolute Gasteiger partial charge is 0.408 e. The van der Waals surface area contributed by atoms with E-state index in [0.717, 1.165) is 5.19 Å². The first-order valence-electron chi connectivity index (χ1n) is 6.52. The van der Waals surface area contributed by atoms with E-state index in [1.165, 1.54) is 18.2 Å². The second kappa shape index (κ2) is 6.15. The van der Waals surface area contributed by atoms with E-state index in [4.69, 9.17) is 4.43 Å². The predicted octanol–water partition coefficient (Wildman–Crippen LogP) is 3.36. The average Bonchev–Trinajstić information content (AvgIpc) is 2.46. The van der Waals surface area contributed by atoms with Crippen LogP contribution in [0.25, 0.3) is 0 Å². The third-order valence-electron chi connectivity index (χ3n) is 3.32. The highest BCUT2D eigenvalue weighted by molar-refractivity contribution is 6.84. The van der Waals surface area contributed by atoms with Crippen LogP contribution in [0.5, 0.6) is 0 Å². The third-order valence-corrected chi connectivity index (χ3v) is 5.91. The molecule has 6 heteroatoms. The van der Waals surface area contributed by atoms with Crippen LogP contribution in [0.15, 0.2) is 48.5 Å². The second-order valence-corrected chi connectivity index (χ2v) is 9.08. The minimum absolute atomic E-state index is 0.0569. The van der Waals surface area contributed by atoms with Gasteiger partial charge in [0.05, 0.1) is 17.1 Å². The Bertz CT molecular complexity index is 644. The summed E-state index contributed by atoms with van der Waals surface area (Å²) in [4.78, 5) is 10.6. The molecule has 0 saturated carbocycles. The first-order valence-corrected chi connectivity index (χ1v) is 9.43. The number of para-hydroxylation sites is 1. The number of rotatable bonds is 5. The minimum Gasteiger partial charge on any atom is -0.408 e. The molecule has 0 N–H and O–H groups in total. The van der Waals surface area contributed by atoms with E-state index in [1.807, 2.05) is 13.1 Å². The fraction of sp³-hybridized carbons (Fsp3) is 0.200. The summed E-state index contributed by atoms with van der Waals surface area (Å²) in [5.74, 6) is -0.290. The lowest BCUT2D eigenvalue weighted by atomic mass is 10.2. The molecule has 2 aromatic rings. The Kier molecular flexibility index (Phi) is 4.49. The van der Waals surface area contributed by atoms with Gasteiger partial charge in [-0.25, -0.2) is 4.39 Å². The molecular formula is C15H16FNO3Si. The maximum absolute atomic E-state index is 13.0. The van der Waals surface area contributed by atoms with Gasteiger partial charge in [-0.2, -0.15) is 0 Å². The van der Waals surface area contributed by atoms with E-state index in [2.05, 4.69) is 0 Å². The Hall–Kier alpha value is -2.05. The second-order valence-electron chi connectivity index (χ2n) is 5.19. The van der Waals surface area contributed by atoms with Crippen molar-refractivity contribution in [2.45, 2.75) is 19.7 Å². The van der Waals surface area contributed by atoms with Crippen LogP contribution in [0.4, 0.5) is 10.1 Å². The summed E-state index contributed by atoms with van der Waals surface area (Å²) in [5.41, 5.74) is 0.603. The van der Waals surface area contributed by atoms with Gasteiger partial charge in [0.1, 0.15) is 5.82 Å². The molecule has 0 atom stereocenters. The van der Waals surface area contributed by atoms with Crippen LogP contribution in [0.3, 0.4) is 0 Å². The van der Waals surface area contributed by atoms with Gasteiger partial charge in [0.15, 0.2) is 0 Å². The lowest BCUT2D eigenvalue weighted by Gasteiger charge is -2.23. The molecule has 0 aliphatic heterocycles. The molecule has 110 valence electrons. The number of nitro benzene ring substituents is 1. The van der Waals surface area contributed by atoms with Crippen molar-refractivity contribution in [3.63, 3.8) is 0 Å². The molecule has 0 saturated heterocycles. The summed E-state index contributed by atoms with van der Waals surface area (Å²) in [5, 5.41) is 11.9. The topological polar surface area (TPSA) is 52.4 Å². The summed E-state index contributed by atoms with van der Waals surface area (Å²) >= 11 is 0. The summed E-state index contributed by atoms with van der Waals surface area (Å²) in [6.45, 7) is 4.14. The first-order chi connectivity index (χ1) is 9.90. The van der Waals surface area contributed by atoms with Crippen LogP contribution in [-0.2, 0) is 11.0 Å². The zero-order valence-corrected chi connectivity index (χ0v) is 12.9. The molecule has 0 radical (unpaired) electrons. The van der Waals surface area contributed by atoms with Gasteiger partial charge in [-0.1, -0.05) is 24.3 Å². The molecule has 0 unspecified atom stereocenters. The quantitative estimate of drug-likeness (QED) is 0.483. The third kappa shape index (κ3) is 3.74. The monoisotopic (exact) mass is 305 g/mol. The van der Waals surface area contributed by atoms with Crippen molar-refractivity contribution in [1.82, 2.24) is 0 Å². The Balaban J connectivity index is 2.15. The Morgan fingerprint density at radius 3 is 2.38 bits per heavy atom. The highest BCUT2D eigenvalue weighted by atomic mass is 28.4. The molecule has 0 aliphatic rings. The van der Waals surface area contributed by atoms with Gasteiger partial charge in [-0.15, -0.1) is 0 Å². The normalized spacial score (nSPS) is 11.4. The van der Waals surface area contributed by atoms with Crippen molar-refractivity contribution < 1.29 is 13.7 Å². The average molecular weight is 305 g/mol. The number of halogens is 1. The fourth-order valence-corrected chi connectivity index (χ4v) is 3.66. The molecule has 0 aliphatic carbocycles. The van der Waals surface area contributed by atoms with Crippen LogP contribution in [0.1, 0.15) is 5.56 Å². The molecule has 0 aromatic heterocycles. The molecule has 0 amide bonds. The fourth-order valence-electron chi connectivity index (χ4n) is 2.00. The van der Waals surface area contributed by atoms with Crippen molar-refractivity contribution in [2.24, 2.45) is 0 Å². The zero-order valence-electron chi connectivity index (χ0n) is 11.9. The summed E-state index contributed by atoms with van der Waals surface area (Å²) in [7, 11) is -2.23. The van der Waals surface area contributed by atoms with Gasteiger partial charge in [0.2, 0.25) is 8.32 Å². The highest BCUT2D eigenvalue weighted by Gasteiger charge is 2.26. The molecule has 0 bridgehead atoms. The van der Waals surface area contributed by atoms with Gasteiger partial charge < -0.3 is 4.43 Å². The SMILES string of the molecule is C[Si](C)(OCc1ccccc1[N+](=O)[O-])c1ccc(F)cc1. The van der Waals surface area contributed by atoms with E-state index in [-0.39, 0.29) is 18.1 Å². The van der Waals surface area contributed by atoms with Crippen LogP contribution < -0.4 is 5.19 Å².